The van der Waals surface area contributed by atoms with Crippen LogP contribution >= 0.6 is 0 Å². The Morgan fingerprint density at radius 1 is 1.05 bits per heavy atom. The van der Waals surface area contributed by atoms with E-state index < -0.39 is 0 Å². The summed E-state index contributed by atoms with van der Waals surface area (Å²) in [4.78, 5) is 21.7. The Kier molecular flexibility index (Phi) is 15.1. The molecule has 0 aromatic heterocycles. The van der Waals surface area contributed by atoms with E-state index in [1.54, 1.807) is 14.2 Å². The Labute approximate surface area is 124 Å². The lowest BCUT2D eigenvalue weighted by atomic mass is 10.1. The second kappa shape index (κ2) is 14.3. The van der Waals surface area contributed by atoms with Crippen molar-refractivity contribution in [3.8, 4) is 0 Å². The Bertz CT molecular complexity index is 277. The molecule has 0 bridgehead atoms. The van der Waals surface area contributed by atoms with Crippen LogP contribution in [0.5, 0.6) is 0 Å². The van der Waals surface area contributed by atoms with Gasteiger partial charge in [0.1, 0.15) is 6.79 Å². The average Bonchev–Trinajstić information content (AvgIpc) is 2.95. The van der Waals surface area contributed by atoms with E-state index in [-0.39, 0.29) is 0 Å². The quantitative estimate of drug-likeness (QED) is 0.745. The minimum absolute atomic E-state index is 0.356. The van der Waals surface area contributed by atoms with Crippen LogP contribution in [-0.2, 0) is 14.3 Å². The lowest BCUT2D eigenvalue weighted by molar-refractivity contribution is -0.130. The Morgan fingerprint density at radius 3 is 1.90 bits per heavy atom. The van der Waals surface area contributed by atoms with Crippen LogP contribution in [0.4, 0.5) is 0 Å². The summed E-state index contributed by atoms with van der Waals surface area (Å²) in [5, 5.41) is 0. The fourth-order valence-corrected chi connectivity index (χ4v) is 1.88. The lowest BCUT2D eigenvalue weighted by Crippen LogP contribution is -2.27. The molecule has 0 aliphatic carbocycles. The molecular formula is C16H31NO3. The van der Waals surface area contributed by atoms with Crippen molar-refractivity contribution < 1.29 is 14.3 Å². The Morgan fingerprint density at radius 2 is 1.50 bits per heavy atom. The van der Waals surface area contributed by atoms with Gasteiger partial charge in [0.25, 0.3) is 0 Å². The molecule has 4 nitrogen and oxygen atoms in total. The molecule has 1 aliphatic heterocycles. The number of rotatable bonds is 4. The van der Waals surface area contributed by atoms with Gasteiger partial charge in [0.05, 0.1) is 0 Å². The molecule has 1 amide bonds. The number of ether oxygens (including phenoxy) is 1. The van der Waals surface area contributed by atoms with Gasteiger partial charge in [-0.2, -0.15) is 0 Å². The first-order valence-electron chi connectivity index (χ1n) is 7.12. The van der Waals surface area contributed by atoms with E-state index in [0.29, 0.717) is 5.91 Å². The summed E-state index contributed by atoms with van der Waals surface area (Å²) in [6.07, 6.45) is 5.19. The van der Waals surface area contributed by atoms with E-state index in [2.05, 4.69) is 25.5 Å². The summed E-state index contributed by atoms with van der Waals surface area (Å²) in [6.45, 7) is 10.4. The number of likely N-dealkylation sites (tertiary alicyclic amines) is 1. The summed E-state index contributed by atoms with van der Waals surface area (Å²) < 4.78 is 4.25. The van der Waals surface area contributed by atoms with Gasteiger partial charge < -0.3 is 14.4 Å². The van der Waals surface area contributed by atoms with Gasteiger partial charge in [-0.15, -0.1) is 0 Å². The molecule has 0 N–H and O–H groups in total. The molecule has 1 heterocycles. The molecule has 0 aromatic rings. The highest BCUT2D eigenvalue weighted by molar-refractivity contribution is 5.76. The minimum Gasteiger partial charge on any atom is -0.388 e. The number of carbonyl (C=O) groups excluding carboxylic acids is 2. The number of amides is 1. The van der Waals surface area contributed by atoms with E-state index in [1.165, 1.54) is 24.0 Å². The zero-order valence-electron chi connectivity index (χ0n) is 13.8. The monoisotopic (exact) mass is 285 g/mol. The number of allylic oxidation sites excluding steroid dienone is 2. The Hall–Kier alpha value is -1.16. The molecule has 0 aromatic carbocycles. The van der Waals surface area contributed by atoms with Crippen molar-refractivity contribution in [1.29, 1.82) is 0 Å². The summed E-state index contributed by atoms with van der Waals surface area (Å²) in [5.74, 6) is 0.356. The van der Waals surface area contributed by atoms with Gasteiger partial charge in [0.2, 0.25) is 5.91 Å². The second-order valence-corrected chi connectivity index (χ2v) is 5.13. The number of methoxy groups -OCH3 is 1. The molecule has 0 spiro atoms. The average molecular weight is 285 g/mol. The topological polar surface area (TPSA) is 46.6 Å². The smallest absolute Gasteiger partial charge is 0.222 e. The lowest BCUT2D eigenvalue weighted by Gasteiger charge is -2.15. The summed E-state index contributed by atoms with van der Waals surface area (Å²) in [7, 11) is 3.25. The highest BCUT2D eigenvalue weighted by atomic mass is 16.4. The number of hydrogen-bond donors (Lipinski definition) is 0. The van der Waals surface area contributed by atoms with Gasteiger partial charge >= 0.3 is 0 Å². The van der Waals surface area contributed by atoms with Crippen molar-refractivity contribution in [2.24, 2.45) is 0 Å². The highest BCUT2D eigenvalue weighted by Crippen LogP contribution is 2.14. The maximum Gasteiger partial charge on any atom is 0.222 e. The zero-order valence-corrected chi connectivity index (χ0v) is 13.8. The van der Waals surface area contributed by atoms with Crippen molar-refractivity contribution in [3.63, 3.8) is 0 Å². The van der Waals surface area contributed by atoms with Crippen LogP contribution in [0.25, 0.3) is 0 Å². The van der Waals surface area contributed by atoms with Crippen LogP contribution in [0.3, 0.4) is 0 Å². The second-order valence-electron chi connectivity index (χ2n) is 5.13. The van der Waals surface area contributed by atoms with Gasteiger partial charge in [-0.05, 0) is 46.5 Å². The summed E-state index contributed by atoms with van der Waals surface area (Å²) in [5.41, 5.74) is 2.83. The molecule has 0 atom stereocenters. The van der Waals surface area contributed by atoms with Crippen LogP contribution in [0, 0.1) is 0 Å². The van der Waals surface area contributed by atoms with Crippen molar-refractivity contribution in [2.75, 3.05) is 27.3 Å². The first-order chi connectivity index (χ1) is 9.52. The van der Waals surface area contributed by atoms with Crippen molar-refractivity contribution in [1.82, 2.24) is 4.90 Å². The fraction of sp³-hybridized carbons (Fsp3) is 0.750. The normalized spacial score (nSPS) is 12.8. The van der Waals surface area contributed by atoms with Crippen molar-refractivity contribution in [2.45, 2.75) is 52.9 Å². The SMILES string of the molecule is C=O.CC(C)=C(C)CCCC(=O)N1CCCC1.COC. The molecule has 0 unspecified atom stereocenters. The molecule has 118 valence electrons. The first-order valence-corrected chi connectivity index (χ1v) is 7.12. The zero-order chi connectivity index (χ0) is 16.0. The molecule has 1 rings (SSSR count). The van der Waals surface area contributed by atoms with E-state index in [1.807, 2.05) is 11.7 Å². The van der Waals surface area contributed by atoms with Crippen LogP contribution in [0.1, 0.15) is 52.9 Å². The minimum atomic E-state index is 0.356. The molecule has 0 radical (unpaired) electrons. The van der Waals surface area contributed by atoms with Gasteiger partial charge in [-0.1, -0.05) is 11.1 Å². The third-order valence-corrected chi connectivity index (χ3v) is 3.25. The van der Waals surface area contributed by atoms with Crippen molar-refractivity contribution >= 4 is 12.7 Å². The predicted octanol–water partition coefficient (Wildman–Crippen LogP) is 3.21. The number of hydrogen-bond acceptors (Lipinski definition) is 3. The number of nitrogens with zero attached hydrogens (tertiary/aromatic N) is 1. The van der Waals surface area contributed by atoms with Gasteiger partial charge in [-0.25, -0.2) is 0 Å². The standard InChI is InChI=1S/C13H23NO.C2H6O.CH2O/c1-11(2)12(3)7-6-8-13(15)14-9-4-5-10-14;1-3-2;1-2/h4-10H2,1-3H3;1-2H3;1H2. The molecule has 1 saturated heterocycles. The largest absolute Gasteiger partial charge is 0.388 e. The first kappa shape index (κ1) is 21.1. The van der Waals surface area contributed by atoms with E-state index >= 15 is 0 Å². The third-order valence-electron chi connectivity index (χ3n) is 3.25. The maximum absolute atomic E-state index is 11.7. The molecule has 1 fully saturated rings. The summed E-state index contributed by atoms with van der Waals surface area (Å²) in [6, 6.07) is 0. The van der Waals surface area contributed by atoms with Gasteiger partial charge in [-0.3, -0.25) is 4.79 Å². The van der Waals surface area contributed by atoms with E-state index in [9.17, 15) is 4.79 Å². The number of carbonyl (C=O) groups is 2. The highest BCUT2D eigenvalue weighted by Gasteiger charge is 2.16. The molecule has 20 heavy (non-hydrogen) atoms. The van der Waals surface area contributed by atoms with Crippen LogP contribution in [0.15, 0.2) is 11.1 Å². The van der Waals surface area contributed by atoms with Gasteiger partial charge in [0, 0.05) is 33.7 Å². The fourth-order valence-electron chi connectivity index (χ4n) is 1.88. The molecular weight excluding hydrogens is 254 g/mol. The molecule has 0 saturated carbocycles. The molecule has 1 aliphatic rings. The van der Waals surface area contributed by atoms with Crippen molar-refractivity contribution in [3.05, 3.63) is 11.1 Å². The van der Waals surface area contributed by atoms with Crippen LogP contribution < -0.4 is 0 Å². The van der Waals surface area contributed by atoms with Crippen LogP contribution in [-0.4, -0.2) is 44.9 Å². The van der Waals surface area contributed by atoms with Gasteiger partial charge in [0.15, 0.2) is 0 Å². The summed E-state index contributed by atoms with van der Waals surface area (Å²) >= 11 is 0. The van der Waals surface area contributed by atoms with E-state index in [4.69, 9.17) is 4.79 Å². The maximum atomic E-state index is 11.7. The Balaban J connectivity index is 0. The van der Waals surface area contributed by atoms with Crippen LogP contribution in [0.2, 0.25) is 0 Å². The molecule has 4 heteroatoms. The predicted molar refractivity (Wildman–Crippen MR) is 83.8 cm³/mol. The third kappa shape index (κ3) is 10.7. The van der Waals surface area contributed by atoms with E-state index in [0.717, 1.165) is 32.4 Å².